The lowest BCUT2D eigenvalue weighted by Crippen LogP contribution is -2.29. The summed E-state index contributed by atoms with van der Waals surface area (Å²) >= 11 is 1.64. The molecule has 1 N–H and O–H groups in total. The Morgan fingerprint density at radius 1 is 1.14 bits per heavy atom. The maximum absolute atomic E-state index is 12.2. The van der Waals surface area contributed by atoms with E-state index >= 15 is 0 Å². The molecule has 0 aliphatic carbocycles. The first-order chi connectivity index (χ1) is 13.5. The highest BCUT2D eigenvalue weighted by Crippen LogP contribution is 2.22. The van der Waals surface area contributed by atoms with Gasteiger partial charge in [0.25, 0.3) is 5.91 Å². The van der Waals surface area contributed by atoms with Crippen LogP contribution in [-0.4, -0.2) is 23.0 Å². The average Bonchev–Trinajstić information content (AvgIpc) is 3.11. The number of fused-ring (bicyclic) bond motifs is 1. The fourth-order valence-corrected chi connectivity index (χ4v) is 3.80. The van der Waals surface area contributed by atoms with E-state index in [1.54, 1.807) is 18.3 Å². The Labute approximate surface area is 168 Å². The Hall–Kier alpha value is -2.73. The third-order valence-corrected chi connectivity index (χ3v) is 5.51. The number of carbonyl (C=O) groups is 2. The van der Waals surface area contributed by atoms with E-state index in [1.165, 1.54) is 5.56 Å². The maximum Gasteiger partial charge on any atom is 0.306 e. The van der Waals surface area contributed by atoms with Crippen LogP contribution in [0.1, 0.15) is 37.3 Å². The number of nitrogens with zero attached hydrogens (tertiary/aromatic N) is 1. The van der Waals surface area contributed by atoms with Gasteiger partial charge in [0, 0.05) is 12.1 Å². The average molecular weight is 397 g/mol. The number of hydrogen-bond acceptors (Lipinski definition) is 5. The first-order valence-corrected chi connectivity index (χ1v) is 10.3. The molecule has 0 bridgehead atoms. The summed E-state index contributed by atoms with van der Waals surface area (Å²) in [6.07, 6.45) is 1.74. The topological polar surface area (TPSA) is 68.3 Å². The SMILES string of the molecule is CCc1ccc(NC(=O)[C@@H](C)OC(=O)CCCc2nc3ccccc3s2)cc1. The second-order valence-electron chi connectivity index (χ2n) is 6.60. The first-order valence-electron chi connectivity index (χ1n) is 9.49. The molecule has 0 aliphatic rings. The minimum absolute atomic E-state index is 0.263. The molecule has 6 heteroatoms. The Morgan fingerprint density at radius 3 is 2.61 bits per heavy atom. The number of carbonyl (C=O) groups excluding carboxylic acids is 2. The first kappa shape index (κ1) is 20.0. The molecule has 0 aliphatic heterocycles. The molecule has 3 rings (SSSR count). The van der Waals surface area contributed by atoms with Crippen LogP contribution in [0.4, 0.5) is 5.69 Å². The minimum Gasteiger partial charge on any atom is -0.453 e. The number of amides is 1. The molecule has 0 radical (unpaired) electrons. The van der Waals surface area contributed by atoms with Crippen LogP contribution in [0.15, 0.2) is 48.5 Å². The van der Waals surface area contributed by atoms with Crippen molar-refractivity contribution >= 4 is 39.1 Å². The van der Waals surface area contributed by atoms with Gasteiger partial charge in [0.1, 0.15) is 0 Å². The lowest BCUT2D eigenvalue weighted by molar-refractivity contribution is -0.153. The van der Waals surface area contributed by atoms with Gasteiger partial charge in [0.05, 0.1) is 15.2 Å². The molecule has 1 aromatic heterocycles. The second kappa shape index (κ2) is 9.46. The van der Waals surface area contributed by atoms with E-state index < -0.39 is 6.10 Å². The van der Waals surface area contributed by atoms with Gasteiger partial charge < -0.3 is 10.1 Å². The Morgan fingerprint density at radius 2 is 1.89 bits per heavy atom. The number of para-hydroxylation sites is 1. The van der Waals surface area contributed by atoms with Gasteiger partial charge >= 0.3 is 5.97 Å². The molecular formula is C22H24N2O3S. The number of nitrogens with one attached hydrogen (secondary N) is 1. The molecule has 2 aromatic carbocycles. The van der Waals surface area contributed by atoms with Crippen molar-refractivity contribution in [2.24, 2.45) is 0 Å². The van der Waals surface area contributed by atoms with Crippen LogP contribution in [0.5, 0.6) is 0 Å². The predicted octanol–water partition coefficient (Wildman–Crippen LogP) is 4.75. The molecule has 0 saturated heterocycles. The standard InChI is InChI=1S/C22H24N2O3S/c1-3-16-11-13-17(14-12-16)23-22(26)15(2)27-21(25)10-6-9-20-24-18-7-4-5-8-19(18)28-20/h4-5,7-8,11-15H,3,6,9-10H2,1-2H3,(H,23,26)/t15-/m1/s1. The lowest BCUT2D eigenvalue weighted by atomic mass is 10.1. The van der Waals surface area contributed by atoms with Crippen LogP contribution in [0, 0.1) is 0 Å². The highest BCUT2D eigenvalue weighted by molar-refractivity contribution is 7.18. The van der Waals surface area contributed by atoms with Crippen molar-refractivity contribution < 1.29 is 14.3 Å². The number of ether oxygens (including phenoxy) is 1. The summed E-state index contributed by atoms with van der Waals surface area (Å²) in [7, 11) is 0. The van der Waals surface area contributed by atoms with Crippen molar-refractivity contribution in [3.63, 3.8) is 0 Å². The fraction of sp³-hybridized carbons (Fsp3) is 0.318. The summed E-state index contributed by atoms with van der Waals surface area (Å²) < 4.78 is 6.41. The van der Waals surface area contributed by atoms with Crippen LogP contribution < -0.4 is 5.32 Å². The van der Waals surface area contributed by atoms with E-state index in [2.05, 4.69) is 17.2 Å². The van der Waals surface area contributed by atoms with Crippen molar-refractivity contribution in [1.82, 2.24) is 4.98 Å². The number of thiazole rings is 1. The van der Waals surface area contributed by atoms with E-state index in [0.29, 0.717) is 12.1 Å². The number of aryl methyl sites for hydroxylation is 2. The summed E-state index contributed by atoms with van der Waals surface area (Å²) in [5.74, 6) is -0.700. The van der Waals surface area contributed by atoms with Crippen molar-refractivity contribution in [2.75, 3.05) is 5.32 Å². The third-order valence-electron chi connectivity index (χ3n) is 4.42. The Bertz CT molecular complexity index is 917. The zero-order valence-corrected chi connectivity index (χ0v) is 16.9. The van der Waals surface area contributed by atoms with Crippen molar-refractivity contribution in [1.29, 1.82) is 0 Å². The van der Waals surface area contributed by atoms with E-state index in [-0.39, 0.29) is 18.3 Å². The lowest BCUT2D eigenvalue weighted by Gasteiger charge is -2.13. The molecule has 1 amide bonds. The van der Waals surface area contributed by atoms with Crippen LogP contribution in [-0.2, 0) is 27.2 Å². The molecule has 1 heterocycles. The molecule has 1 atom stereocenters. The molecule has 3 aromatic rings. The maximum atomic E-state index is 12.2. The molecule has 0 unspecified atom stereocenters. The van der Waals surface area contributed by atoms with Gasteiger partial charge in [-0.1, -0.05) is 31.2 Å². The second-order valence-corrected chi connectivity index (χ2v) is 7.72. The van der Waals surface area contributed by atoms with Gasteiger partial charge in [-0.05, 0) is 56.0 Å². The number of aromatic nitrogens is 1. The van der Waals surface area contributed by atoms with Gasteiger partial charge in [-0.15, -0.1) is 11.3 Å². The molecule has 28 heavy (non-hydrogen) atoms. The zero-order valence-electron chi connectivity index (χ0n) is 16.1. The summed E-state index contributed by atoms with van der Waals surface area (Å²) in [4.78, 5) is 28.8. The molecule has 0 spiro atoms. The summed E-state index contributed by atoms with van der Waals surface area (Å²) in [6, 6.07) is 15.6. The fourth-order valence-electron chi connectivity index (χ4n) is 2.79. The highest BCUT2D eigenvalue weighted by atomic mass is 32.1. The molecular weight excluding hydrogens is 372 g/mol. The van der Waals surface area contributed by atoms with Crippen LogP contribution in [0.2, 0.25) is 0 Å². The van der Waals surface area contributed by atoms with Crippen LogP contribution in [0.3, 0.4) is 0 Å². The Kier molecular flexibility index (Phi) is 6.76. The van der Waals surface area contributed by atoms with Gasteiger partial charge in [-0.25, -0.2) is 4.98 Å². The number of anilines is 1. The molecule has 0 saturated carbocycles. The van der Waals surface area contributed by atoms with Crippen molar-refractivity contribution in [3.8, 4) is 0 Å². The third kappa shape index (κ3) is 5.39. The van der Waals surface area contributed by atoms with E-state index in [4.69, 9.17) is 4.74 Å². The van der Waals surface area contributed by atoms with Gasteiger partial charge in [0.15, 0.2) is 6.10 Å². The van der Waals surface area contributed by atoms with Gasteiger partial charge in [-0.2, -0.15) is 0 Å². The zero-order chi connectivity index (χ0) is 19.9. The van der Waals surface area contributed by atoms with Crippen LogP contribution >= 0.6 is 11.3 Å². The monoisotopic (exact) mass is 396 g/mol. The smallest absolute Gasteiger partial charge is 0.306 e. The number of esters is 1. The van der Waals surface area contributed by atoms with E-state index in [0.717, 1.165) is 28.1 Å². The van der Waals surface area contributed by atoms with Crippen molar-refractivity contribution in [2.45, 2.75) is 45.6 Å². The largest absolute Gasteiger partial charge is 0.453 e. The van der Waals surface area contributed by atoms with Crippen LogP contribution in [0.25, 0.3) is 10.2 Å². The molecule has 5 nitrogen and oxygen atoms in total. The number of rotatable bonds is 8. The minimum atomic E-state index is -0.833. The summed E-state index contributed by atoms with van der Waals surface area (Å²) in [5.41, 5.74) is 2.88. The molecule has 0 fully saturated rings. The van der Waals surface area contributed by atoms with E-state index in [9.17, 15) is 9.59 Å². The summed E-state index contributed by atoms with van der Waals surface area (Å²) in [6.45, 7) is 3.66. The quantitative estimate of drug-likeness (QED) is 0.558. The number of benzene rings is 2. The predicted molar refractivity (Wildman–Crippen MR) is 113 cm³/mol. The van der Waals surface area contributed by atoms with Crippen molar-refractivity contribution in [3.05, 3.63) is 59.1 Å². The van der Waals surface area contributed by atoms with Gasteiger partial charge in [0.2, 0.25) is 0 Å². The normalized spacial score (nSPS) is 11.9. The highest BCUT2D eigenvalue weighted by Gasteiger charge is 2.18. The summed E-state index contributed by atoms with van der Waals surface area (Å²) in [5, 5.41) is 3.78. The Balaban J connectivity index is 1.42. The van der Waals surface area contributed by atoms with E-state index in [1.807, 2.05) is 48.5 Å². The van der Waals surface area contributed by atoms with Gasteiger partial charge in [-0.3, -0.25) is 9.59 Å². The molecule has 146 valence electrons. The number of hydrogen-bond donors (Lipinski definition) is 1.